The van der Waals surface area contributed by atoms with Crippen LogP contribution in [0, 0.1) is 5.92 Å². The molecule has 2 heterocycles. The zero-order chi connectivity index (χ0) is 29.1. The molecule has 0 saturated carbocycles. The fourth-order valence-corrected chi connectivity index (χ4v) is 5.68. The van der Waals surface area contributed by atoms with E-state index in [9.17, 15) is 14.4 Å². The number of halogens is 2. The molecule has 3 aromatic rings. The van der Waals surface area contributed by atoms with Crippen LogP contribution in [0.3, 0.4) is 0 Å². The third-order valence-electron chi connectivity index (χ3n) is 5.88. The van der Waals surface area contributed by atoms with Gasteiger partial charge in [-0.05, 0) is 61.2 Å². The van der Waals surface area contributed by atoms with Crippen LogP contribution in [-0.2, 0) is 14.3 Å². The van der Waals surface area contributed by atoms with Crippen LogP contribution in [0.15, 0.2) is 57.5 Å². The van der Waals surface area contributed by atoms with Crippen LogP contribution in [0.1, 0.15) is 51.8 Å². The number of benzene rings is 2. The van der Waals surface area contributed by atoms with Crippen LogP contribution in [0.4, 0.5) is 0 Å². The van der Waals surface area contributed by atoms with Crippen LogP contribution < -0.4 is 24.4 Å². The van der Waals surface area contributed by atoms with E-state index in [1.54, 1.807) is 56.3 Å². The number of carbonyl (C=O) groups excluding carboxylic acids is 2. The van der Waals surface area contributed by atoms with Crippen LogP contribution >= 0.6 is 34.5 Å². The summed E-state index contributed by atoms with van der Waals surface area (Å²) < 4.78 is 18.5. The summed E-state index contributed by atoms with van der Waals surface area (Å²) in [5, 5.41) is 0.873. The Morgan fingerprint density at radius 1 is 1.15 bits per heavy atom. The highest BCUT2D eigenvalue weighted by Crippen LogP contribution is 2.36. The van der Waals surface area contributed by atoms with Crippen molar-refractivity contribution in [1.82, 2.24) is 4.57 Å². The Morgan fingerprint density at radius 3 is 2.55 bits per heavy atom. The van der Waals surface area contributed by atoms with E-state index in [2.05, 4.69) is 4.99 Å². The molecule has 1 atom stereocenters. The molecule has 0 bridgehead atoms. The van der Waals surface area contributed by atoms with Crippen molar-refractivity contribution in [2.75, 3.05) is 13.2 Å². The number of thiazole rings is 1. The third-order valence-corrected chi connectivity index (χ3v) is 7.42. The van der Waals surface area contributed by atoms with Gasteiger partial charge in [-0.15, -0.1) is 0 Å². The van der Waals surface area contributed by atoms with Gasteiger partial charge in [-0.2, -0.15) is 0 Å². The molecule has 0 spiro atoms. The van der Waals surface area contributed by atoms with Crippen molar-refractivity contribution in [2.45, 2.75) is 40.7 Å². The molecule has 1 aliphatic heterocycles. The fraction of sp³-hybridized carbons (Fsp3) is 0.310. The quantitative estimate of drug-likeness (QED) is 0.264. The molecule has 1 aromatic heterocycles. The average Bonchev–Trinajstić information content (AvgIpc) is 3.18. The van der Waals surface area contributed by atoms with Gasteiger partial charge >= 0.3 is 11.9 Å². The fourth-order valence-electron chi connectivity index (χ4n) is 4.18. The maximum atomic E-state index is 13.9. The number of aromatic nitrogens is 1. The summed E-state index contributed by atoms with van der Waals surface area (Å²) in [5.74, 6) is -0.434. The number of esters is 2. The molecule has 0 radical (unpaired) electrons. The first-order chi connectivity index (χ1) is 19.0. The number of hydrogen-bond donors (Lipinski definition) is 0. The first-order valence-electron chi connectivity index (χ1n) is 12.6. The van der Waals surface area contributed by atoms with Gasteiger partial charge in [-0.3, -0.25) is 14.2 Å². The van der Waals surface area contributed by atoms with Gasteiger partial charge in [0.15, 0.2) is 16.3 Å². The first kappa shape index (κ1) is 29.6. The van der Waals surface area contributed by atoms with Crippen molar-refractivity contribution >= 4 is 52.6 Å². The van der Waals surface area contributed by atoms with Crippen molar-refractivity contribution in [3.63, 3.8) is 0 Å². The highest BCUT2D eigenvalue weighted by atomic mass is 35.5. The first-order valence-corrected chi connectivity index (χ1v) is 14.2. The van der Waals surface area contributed by atoms with Crippen LogP contribution in [0.5, 0.6) is 11.5 Å². The largest absolute Gasteiger partial charge is 0.490 e. The standard InChI is InChI=1S/C29H28Cl2N2O6S/c1-6-37-23-11-19(8-10-22(23)39-17(5)34)26-25(28(36)38-14-15(2)3)16(4)32-29-33(26)27(35)24(40-29)12-18-7-9-20(30)13-21(18)31/h7-13,15,26H,6,14H2,1-5H3. The molecule has 1 aliphatic rings. The molecule has 0 amide bonds. The van der Waals surface area contributed by atoms with Crippen molar-refractivity contribution in [2.24, 2.45) is 10.9 Å². The molecule has 8 nitrogen and oxygen atoms in total. The normalized spacial score (nSPS) is 15.1. The number of carbonyl (C=O) groups is 2. The molecular weight excluding hydrogens is 575 g/mol. The second-order valence-corrected chi connectivity index (χ2v) is 11.3. The van der Waals surface area contributed by atoms with Gasteiger partial charge in [0.1, 0.15) is 0 Å². The van der Waals surface area contributed by atoms with E-state index in [0.717, 1.165) is 0 Å². The summed E-state index contributed by atoms with van der Waals surface area (Å²) in [6, 6.07) is 9.07. The van der Waals surface area contributed by atoms with Gasteiger partial charge in [0, 0.05) is 17.0 Å². The maximum Gasteiger partial charge on any atom is 0.338 e. The topological polar surface area (TPSA) is 96.2 Å². The Bertz CT molecular complexity index is 1690. The predicted molar refractivity (Wildman–Crippen MR) is 155 cm³/mol. The molecule has 0 N–H and O–H groups in total. The smallest absolute Gasteiger partial charge is 0.338 e. The Morgan fingerprint density at radius 2 is 1.90 bits per heavy atom. The molecule has 0 fully saturated rings. The zero-order valence-corrected chi connectivity index (χ0v) is 24.9. The lowest BCUT2D eigenvalue weighted by atomic mass is 9.95. The number of ether oxygens (including phenoxy) is 3. The van der Waals surface area contributed by atoms with E-state index in [1.165, 1.54) is 22.8 Å². The van der Waals surface area contributed by atoms with Gasteiger partial charge in [0.25, 0.3) is 5.56 Å². The van der Waals surface area contributed by atoms with Crippen molar-refractivity contribution < 1.29 is 23.8 Å². The van der Waals surface area contributed by atoms with Gasteiger partial charge in [0.2, 0.25) is 0 Å². The lowest BCUT2D eigenvalue weighted by Gasteiger charge is -2.25. The van der Waals surface area contributed by atoms with E-state index in [0.29, 0.717) is 48.6 Å². The number of nitrogens with zero attached hydrogens (tertiary/aromatic N) is 2. The Labute approximate surface area is 245 Å². The van der Waals surface area contributed by atoms with Crippen LogP contribution in [0.25, 0.3) is 6.08 Å². The minimum Gasteiger partial charge on any atom is -0.490 e. The van der Waals surface area contributed by atoms with E-state index in [1.807, 2.05) is 13.8 Å². The van der Waals surface area contributed by atoms with E-state index < -0.39 is 18.0 Å². The van der Waals surface area contributed by atoms with Crippen molar-refractivity contribution in [1.29, 1.82) is 0 Å². The highest BCUT2D eigenvalue weighted by molar-refractivity contribution is 7.07. The minimum atomic E-state index is -0.871. The average molecular weight is 604 g/mol. The summed E-state index contributed by atoms with van der Waals surface area (Å²) in [6.07, 6.45) is 1.67. The Hall–Kier alpha value is -3.40. The van der Waals surface area contributed by atoms with Gasteiger partial charge < -0.3 is 14.2 Å². The summed E-state index contributed by atoms with van der Waals surface area (Å²) >= 11 is 13.6. The van der Waals surface area contributed by atoms with E-state index in [4.69, 9.17) is 37.4 Å². The van der Waals surface area contributed by atoms with E-state index in [-0.39, 0.29) is 29.4 Å². The summed E-state index contributed by atoms with van der Waals surface area (Å²) in [5.41, 5.74) is 1.47. The number of allylic oxidation sites excluding steroid dienone is 1. The molecule has 0 aliphatic carbocycles. The number of hydrogen-bond acceptors (Lipinski definition) is 8. The molecule has 210 valence electrons. The Kier molecular flexibility index (Phi) is 9.18. The second-order valence-electron chi connectivity index (χ2n) is 9.47. The maximum absolute atomic E-state index is 13.9. The van der Waals surface area contributed by atoms with Gasteiger partial charge in [-0.25, -0.2) is 9.79 Å². The molecule has 2 aromatic carbocycles. The van der Waals surface area contributed by atoms with Crippen LogP contribution in [-0.4, -0.2) is 29.7 Å². The summed E-state index contributed by atoms with van der Waals surface area (Å²) in [7, 11) is 0. The molecule has 11 heteroatoms. The minimum absolute atomic E-state index is 0.112. The molecule has 4 rings (SSSR count). The SMILES string of the molecule is CCOc1cc(C2C(C(=O)OCC(C)C)=C(C)N=c3sc(=Cc4ccc(Cl)cc4Cl)c(=O)n32)ccc1OC(C)=O. The number of fused-ring (bicyclic) bond motifs is 1. The predicted octanol–water partition coefficient (Wildman–Crippen LogP) is 5.07. The lowest BCUT2D eigenvalue weighted by Crippen LogP contribution is -2.40. The zero-order valence-electron chi connectivity index (χ0n) is 22.6. The monoisotopic (exact) mass is 602 g/mol. The molecule has 40 heavy (non-hydrogen) atoms. The summed E-state index contributed by atoms with van der Waals surface area (Å²) in [4.78, 5) is 44.0. The molecule has 1 unspecified atom stereocenters. The van der Waals surface area contributed by atoms with Crippen LogP contribution in [0.2, 0.25) is 10.0 Å². The number of rotatable bonds is 8. The molecular formula is C29H28Cl2N2O6S. The lowest BCUT2D eigenvalue weighted by molar-refractivity contribution is -0.140. The van der Waals surface area contributed by atoms with Gasteiger partial charge in [0.05, 0.1) is 35.1 Å². The van der Waals surface area contributed by atoms with Crippen molar-refractivity contribution in [3.05, 3.63) is 88.5 Å². The van der Waals surface area contributed by atoms with Crippen molar-refractivity contribution in [3.8, 4) is 11.5 Å². The van der Waals surface area contributed by atoms with Gasteiger partial charge in [-0.1, -0.05) is 60.5 Å². The second kappa shape index (κ2) is 12.4. The van der Waals surface area contributed by atoms with E-state index >= 15 is 0 Å². The third kappa shape index (κ3) is 6.32. The Balaban J connectivity index is 1.94. The summed E-state index contributed by atoms with van der Waals surface area (Å²) in [6.45, 7) is 9.19. The molecule has 0 saturated heterocycles. The highest BCUT2D eigenvalue weighted by Gasteiger charge is 2.34.